The molecule has 0 aliphatic heterocycles. The van der Waals surface area contributed by atoms with Gasteiger partial charge in [-0.1, -0.05) is 19.8 Å². The first-order valence-corrected chi connectivity index (χ1v) is 9.86. The molecule has 0 bridgehead atoms. The van der Waals surface area contributed by atoms with E-state index >= 15 is 0 Å². The summed E-state index contributed by atoms with van der Waals surface area (Å²) < 4.78 is 3.07. The summed E-state index contributed by atoms with van der Waals surface area (Å²) in [6.07, 6.45) is 3.04. The number of unbranched alkanes of at least 4 members (excludes halogenated alkanes) is 2. The third-order valence-electron chi connectivity index (χ3n) is 1.56. The van der Waals surface area contributed by atoms with Gasteiger partial charge in [-0.15, -0.1) is 0 Å². The van der Waals surface area contributed by atoms with Crippen molar-refractivity contribution >= 4 is 28.9 Å². The molecule has 0 saturated heterocycles. The van der Waals surface area contributed by atoms with Crippen molar-refractivity contribution in [3.05, 3.63) is 0 Å². The SMILES string of the molecule is CCCCCC(=O)[O-].C[CH2][In+][CH2]C. The molecule has 0 heterocycles. The molecule has 0 aliphatic rings. The number of aliphatic carboxylic acids is 1. The van der Waals surface area contributed by atoms with Gasteiger partial charge >= 0.3 is 45.1 Å². The predicted molar refractivity (Wildman–Crippen MR) is 55.9 cm³/mol. The van der Waals surface area contributed by atoms with Gasteiger partial charge in [-0.25, -0.2) is 0 Å². The fourth-order valence-electron chi connectivity index (χ4n) is 0.808. The average molecular weight is 288 g/mol. The Labute approximate surface area is 93.5 Å². The Morgan fingerprint density at radius 2 is 1.69 bits per heavy atom. The van der Waals surface area contributed by atoms with Crippen LogP contribution < -0.4 is 5.11 Å². The molecule has 0 aromatic carbocycles. The summed E-state index contributed by atoms with van der Waals surface area (Å²) in [4.78, 5) is 9.76. The zero-order chi connectivity index (χ0) is 10.5. The quantitative estimate of drug-likeness (QED) is 0.700. The normalized spacial score (nSPS) is 8.23. The van der Waals surface area contributed by atoms with E-state index < -0.39 is 5.97 Å². The van der Waals surface area contributed by atoms with Crippen LogP contribution >= 0.6 is 0 Å². The van der Waals surface area contributed by atoms with Gasteiger partial charge in [-0.05, 0) is 12.8 Å². The van der Waals surface area contributed by atoms with Gasteiger partial charge in [0.25, 0.3) is 0 Å². The Morgan fingerprint density at radius 3 is 1.92 bits per heavy atom. The number of carbonyl (C=O) groups is 1. The molecule has 76 valence electrons. The molecule has 0 N–H and O–H groups in total. The van der Waals surface area contributed by atoms with E-state index in [1.807, 2.05) is 6.92 Å². The van der Waals surface area contributed by atoms with Gasteiger partial charge in [-0.3, -0.25) is 0 Å². The van der Waals surface area contributed by atoms with Crippen molar-refractivity contribution in [2.24, 2.45) is 0 Å². The fraction of sp³-hybridized carbons (Fsp3) is 0.900. The van der Waals surface area contributed by atoms with E-state index in [0.717, 1.165) is 19.3 Å². The number of carboxylic acids is 1. The van der Waals surface area contributed by atoms with Crippen LogP contribution in [0.25, 0.3) is 0 Å². The van der Waals surface area contributed by atoms with Crippen molar-refractivity contribution in [1.82, 2.24) is 0 Å². The van der Waals surface area contributed by atoms with Gasteiger partial charge in [0.05, 0.1) is 0 Å². The Kier molecular flexibility index (Phi) is 18.0. The molecule has 0 saturated carbocycles. The molecule has 0 unspecified atom stereocenters. The van der Waals surface area contributed by atoms with E-state index in [2.05, 4.69) is 13.8 Å². The summed E-state index contributed by atoms with van der Waals surface area (Å²) in [7, 11) is 0. The van der Waals surface area contributed by atoms with Gasteiger partial charge in [0.15, 0.2) is 0 Å². The molecule has 0 rings (SSSR count). The van der Waals surface area contributed by atoms with Gasteiger partial charge in [0, 0.05) is 5.97 Å². The fourth-order valence-corrected chi connectivity index (χ4v) is 2.46. The van der Waals surface area contributed by atoms with E-state index in [-0.39, 0.29) is 29.3 Å². The topological polar surface area (TPSA) is 40.1 Å². The monoisotopic (exact) mass is 288 g/mol. The Bertz CT molecular complexity index is 103. The second-order valence-corrected chi connectivity index (χ2v) is 9.24. The molecule has 0 atom stereocenters. The van der Waals surface area contributed by atoms with E-state index in [4.69, 9.17) is 0 Å². The van der Waals surface area contributed by atoms with Gasteiger partial charge in [-0.2, -0.15) is 0 Å². The van der Waals surface area contributed by atoms with Crippen LogP contribution in [0.15, 0.2) is 0 Å². The van der Waals surface area contributed by atoms with E-state index in [0.29, 0.717) is 0 Å². The second-order valence-electron chi connectivity index (χ2n) is 2.93. The molecular weight excluding hydrogens is 267 g/mol. The maximum absolute atomic E-state index is 9.76. The van der Waals surface area contributed by atoms with Gasteiger partial charge < -0.3 is 9.90 Å². The first kappa shape index (κ1) is 15.8. The first-order chi connectivity index (χ1) is 6.18. The summed E-state index contributed by atoms with van der Waals surface area (Å²) in [5, 5.41) is 9.76. The maximum atomic E-state index is 9.76. The molecule has 3 heteroatoms. The molecule has 0 radical (unpaired) electrons. The first-order valence-electron chi connectivity index (χ1n) is 5.20. The van der Waals surface area contributed by atoms with Crippen molar-refractivity contribution in [3.8, 4) is 0 Å². The van der Waals surface area contributed by atoms with Crippen LogP contribution in [0.1, 0.15) is 46.5 Å². The van der Waals surface area contributed by atoms with Crippen molar-refractivity contribution in [1.29, 1.82) is 0 Å². The summed E-state index contributed by atoms with van der Waals surface area (Å²) in [6.45, 7) is 6.63. The molecule has 2 nitrogen and oxygen atoms in total. The number of hydrogen-bond acceptors (Lipinski definition) is 2. The molecule has 0 spiro atoms. The Hall–Kier alpha value is 0.340. The number of carboxylic acid groups (broad SMARTS) is 1. The summed E-state index contributed by atoms with van der Waals surface area (Å²) in [6, 6.07) is 0. The number of hydrogen-bond donors (Lipinski definition) is 0. The molecular formula is C10H21InO2. The van der Waals surface area contributed by atoms with Crippen LogP contribution in [0.5, 0.6) is 0 Å². The third kappa shape index (κ3) is 24.5. The molecule has 0 fully saturated rings. The summed E-state index contributed by atoms with van der Waals surface area (Å²) in [5.41, 5.74) is 0. The summed E-state index contributed by atoms with van der Waals surface area (Å²) >= 11 is 0.0800. The van der Waals surface area contributed by atoms with E-state index in [9.17, 15) is 9.90 Å². The van der Waals surface area contributed by atoms with Crippen LogP contribution in [0.4, 0.5) is 0 Å². The van der Waals surface area contributed by atoms with Crippen molar-refractivity contribution < 1.29 is 9.90 Å². The van der Waals surface area contributed by atoms with E-state index in [1.54, 1.807) is 0 Å². The second kappa shape index (κ2) is 14.8. The van der Waals surface area contributed by atoms with Crippen LogP contribution in [0.2, 0.25) is 8.35 Å². The van der Waals surface area contributed by atoms with Crippen LogP contribution in [0.3, 0.4) is 0 Å². The zero-order valence-electron chi connectivity index (χ0n) is 9.14. The molecule has 0 aromatic rings. The standard InChI is InChI=1S/C6H12O2.2C2H5.In/c1-2-3-4-5-6(7)8;2*1-2;/h2-5H2,1H3,(H,7,8);2*1H2,2H3;/q;;;+1/p-1. The van der Waals surface area contributed by atoms with Gasteiger partial charge in [0.2, 0.25) is 0 Å². The van der Waals surface area contributed by atoms with Crippen LogP contribution in [-0.4, -0.2) is 28.9 Å². The molecule has 0 amide bonds. The molecule has 0 aromatic heterocycles. The Balaban J connectivity index is 0. The minimum absolute atomic E-state index is 0.0800. The minimum atomic E-state index is -0.932. The Morgan fingerprint density at radius 1 is 1.15 bits per heavy atom. The van der Waals surface area contributed by atoms with Crippen molar-refractivity contribution in [2.45, 2.75) is 54.8 Å². The zero-order valence-corrected chi connectivity index (χ0v) is 12.4. The van der Waals surface area contributed by atoms with E-state index in [1.165, 1.54) is 8.35 Å². The average Bonchev–Trinajstić information content (AvgIpc) is 2.07. The summed E-state index contributed by atoms with van der Waals surface area (Å²) in [5.74, 6) is -0.932. The number of carbonyl (C=O) groups excluding carboxylic acids is 1. The molecule has 13 heavy (non-hydrogen) atoms. The van der Waals surface area contributed by atoms with Gasteiger partial charge in [0.1, 0.15) is 0 Å². The van der Waals surface area contributed by atoms with Crippen molar-refractivity contribution in [2.75, 3.05) is 0 Å². The third-order valence-corrected chi connectivity index (χ3v) is 4.86. The van der Waals surface area contributed by atoms with Crippen molar-refractivity contribution in [3.63, 3.8) is 0 Å². The predicted octanol–water partition coefficient (Wildman–Crippen LogP) is 1.88. The van der Waals surface area contributed by atoms with Crippen LogP contribution in [0, 0.1) is 0 Å². The number of rotatable bonds is 6. The van der Waals surface area contributed by atoms with Crippen LogP contribution in [-0.2, 0) is 4.79 Å². The molecule has 0 aliphatic carbocycles.